The summed E-state index contributed by atoms with van der Waals surface area (Å²) in [5.41, 5.74) is 6.60. The Kier molecular flexibility index (Phi) is 6.87. The Labute approximate surface area is 157 Å². The molecular formula is C19H19N3O3S. The maximum atomic E-state index is 12.3. The van der Waals surface area contributed by atoms with Crippen LogP contribution in [0.3, 0.4) is 0 Å². The number of carbonyl (C=O) groups excluding carboxylic acids is 2. The summed E-state index contributed by atoms with van der Waals surface area (Å²) in [4.78, 5) is 24.5. The molecule has 0 aromatic heterocycles. The molecule has 0 unspecified atom stereocenters. The van der Waals surface area contributed by atoms with E-state index in [9.17, 15) is 9.59 Å². The fourth-order valence-corrected chi connectivity index (χ4v) is 2.28. The molecule has 0 spiro atoms. The van der Waals surface area contributed by atoms with E-state index in [1.807, 2.05) is 19.1 Å². The molecule has 134 valence electrons. The van der Waals surface area contributed by atoms with Crippen LogP contribution in [0.15, 0.2) is 61.2 Å². The van der Waals surface area contributed by atoms with Gasteiger partial charge in [-0.1, -0.05) is 43.0 Å². The van der Waals surface area contributed by atoms with Gasteiger partial charge >= 0.3 is 0 Å². The summed E-state index contributed by atoms with van der Waals surface area (Å²) in [6, 6.07) is 13.9. The van der Waals surface area contributed by atoms with Gasteiger partial charge in [0.05, 0.1) is 5.56 Å². The van der Waals surface area contributed by atoms with Crippen LogP contribution in [0.5, 0.6) is 5.75 Å². The van der Waals surface area contributed by atoms with Crippen LogP contribution in [-0.4, -0.2) is 23.5 Å². The Morgan fingerprint density at radius 1 is 1.04 bits per heavy atom. The summed E-state index contributed by atoms with van der Waals surface area (Å²) < 4.78 is 5.44. The van der Waals surface area contributed by atoms with Crippen molar-refractivity contribution in [1.29, 1.82) is 0 Å². The van der Waals surface area contributed by atoms with Crippen molar-refractivity contribution in [3.8, 4) is 5.75 Å². The minimum absolute atomic E-state index is 0.0175. The average Bonchev–Trinajstić information content (AvgIpc) is 2.65. The van der Waals surface area contributed by atoms with Gasteiger partial charge in [-0.3, -0.25) is 25.8 Å². The number of hydrogen-bond acceptors (Lipinski definition) is 4. The quantitative estimate of drug-likeness (QED) is 0.429. The molecule has 0 atom stereocenters. The SMILES string of the molecule is C=CCOc1ccccc1C(=O)NNC(=S)NC(=O)c1ccccc1C. The summed E-state index contributed by atoms with van der Waals surface area (Å²) in [7, 11) is 0. The molecule has 0 aliphatic heterocycles. The predicted octanol–water partition coefficient (Wildman–Crippen LogP) is 2.51. The van der Waals surface area contributed by atoms with Crippen molar-refractivity contribution >= 4 is 29.1 Å². The van der Waals surface area contributed by atoms with Crippen LogP contribution in [0.1, 0.15) is 26.3 Å². The molecule has 0 fully saturated rings. The second-order valence-electron chi connectivity index (χ2n) is 5.27. The molecule has 0 bridgehead atoms. The molecule has 2 aromatic carbocycles. The molecule has 0 aliphatic rings. The van der Waals surface area contributed by atoms with E-state index < -0.39 is 5.91 Å². The van der Waals surface area contributed by atoms with E-state index >= 15 is 0 Å². The lowest BCUT2D eigenvalue weighted by molar-refractivity contribution is 0.0931. The zero-order valence-electron chi connectivity index (χ0n) is 14.2. The fourth-order valence-electron chi connectivity index (χ4n) is 2.14. The molecule has 2 rings (SSSR count). The molecule has 7 heteroatoms. The Balaban J connectivity index is 1.93. The number of benzene rings is 2. The first-order chi connectivity index (χ1) is 12.5. The van der Waals surface area contributed by atoms with Crippen molar-refractivity contribution in [3.63, 3.8) is 0 Å². The first-order valence-corrected chi connectivity index (χ1v) is 8.23. The third-order valence-electron chi connectivity index (χ3n) is 3.39. The third kappa shape index (κ3) is 5.15. The Bertz CT molecular complexity index is 836. The maximum absolute atomic E-state index is 12.3. The van der Waals surface area contributed by atoms with Gasteiger partial charge in [0.1, 0.15) is 12.4 Å². The van der Waals surface area contributed by atoms with E-state index in [1.165, 1.54) is 0 Å². The second-order valence-corrected chi connectivity index (χ2v) is 5.68. The van der Waals surface area contributed by atoms with Crippen molar-refractivity contribution in [2.24, 2.45) is 0 Å². The van der Waals surface area contributed by atoms with Gasteiger partial charge < -0.3 is 4.74 Å². The van der Waals surface area contributed by atoms with Gasteiger partial charge in [-0.05, 0) is 42.9 Å². The first-order valence-electron chi connectivity index (χ1n) is 7.83. The van der Waals surface area contributed by atoms with E-state index in [-0.39, 0.29) is 17.6 Å². The summed E-state index contributed by atoms with van der Waals surface area (Å²) in [5, 5.41) is 2.50. The number of hydrazine groups is 1. The highest BCUT2D eigenvalue weighted by Crippen LogP contribution is 2.17. The molecule has 0 aliphatic carbocycles. The lowest BCUT2D eigenvalue weighted by Crippen LogP contribution is -2.48. The predicted molar refractivity (Wildman–Crippen MR) is 104 cm³/mol. The number of aryl methyl sites for hydroxylation is 1. The van der Waals surface area contributed by atoms with Gasteiger partial charge in [0, 0.05) is 5.56 Å². The van der Waals surface area contributed by atoms with Gasteiger partial charge in [-0.2, -0.15) is 0 Å². The van der Waals surface area contributed by atoms with Crippen LogP contribution in [0.4, 0.5) is 0 Å². The summed E-state index contributed by atoms with van der Waals surface area (Å²) in [5.74, 6) is -0.386. The summed E-state index contributed by atoms with van der Waals surface area (Å²) in [6.45, 7) is 5.68. The maximum Gasteiger partial charge on any atom is 0.273 e. The molecule has 2 aromatic rings. The van der Waals surface area contributed by atoms with E-state index in [2.05, 4.69) is 22.7 Å². The Hall–Kier alpha value is -3.19. The van der Waals surface area contributed by atoms with E-state index in [1.54, 1.807) is 42.5 Å². The topological polar surface area (TPSA) is 79.5 Å². The summed E-state index contributed by atoms with van der Waals surface area (Å²) >= 11 is 5.04. The lowest BCUT2D eigenvalue weighted by atomic mass is 10.1. The monoisotopic (exact) mass is 369 g/mol. The molecule has 6 nitrogen and oxygen atoms in total. The summed E-state index contributed by atoms with van der Waals surface area (Å²) in [6.07, 6.45) is 1.59. The Morgan fingerprint density at radius 2 is 1.69 bits per heavy atom. The number of para-hydroxylation sites is 1. The smallest absolute Gasteiger partial charge is 0.273 e. The molecule has 2 amide bonds. The zero-order valence-corrected chi connectivity index (χ0v) is 15.1. The van der Waals surface area contributed by atoms with Gasteiger partial charge in [0.25, 0.3) is 11.8 Å². The van der Waals surface area contributed by atoms with Crippen LogP contribution in [0.2, 0.25) is 0 Å². The molecule has 3 N–H and O–H groups in total. The molecule has 26 heavy (non-hydrogen) atoms. The highest BCUT2D eigenvalue weighted by Gasteiger charge is 2.13. The zero-order chi connectivity index (χ0) is 18.9. The number of rotatable bonds is 5. The largest absolute Gasteiger partial charge is 0.489 e. The normalized spacial score (nSPS) is 9.73. The van der Waals surface area contributed by atoms with Crippen LogP contribution in [-0.2, 0) is 0 Å². The molecule has 0 radical (unpaired) electrons. The number of hydrogen-bond donors (Lipinski definition) is 3. The second kappa shape index (κ2) is 9.33. The number of nitrogens with one attached hydrogen (secondary N) is 3. The van der Waals surface area contributed by atoms with Crippen molar-refractivity contribution in [1.82, 2.24) is 16.2 Å². The Morgan fingerprint density at radius 3 is 2.38 bits per heavy atom. The lowest BCUT2D eigenvalue weighted by Gasteiger charge is -2.13. The third-order valence-corrected chi connectivity index (χ3v) is 3.60. The van der Waals surface area contributed by atoms with Gasteiger partial charge in [-0.15, -0.1) is 0 Å². The van der Waals surface area contributed by atoms with Gasteiger partial charge in [0.2, 0.25) is 0 Å². The van der Waals surface area contributed by atoms with Gasteiger partial charge in [-0.25, -0.2) is 0 Å². The van der Waals surface area contributed by atoms with Crippen molar-refractivity contribution in [2.45, 2.75) is 6.92 Å². The minimum atomic E-state index is -0.447. The van der Waals surface area contributed by atoms with Crippen molar-refractivity contribution in [3.05, 3.63) is 77.9 Å². The van der Waals surface area contributed by atoms with Crippen molar-refractivity contribution < 1.29 is 14.3 Å². The van der Waals surface area contributed by atoms with Crippen LogP contribution >= 0.6 is 12.2 Å². The van der Waals surface area contributed by atoms with E-state index in [0.29, 0.717) is 16.9 Å². The minimum Gasteiger partial charge on any atom is -0.489 e. The molecule has 0 saturated carbocycles. The average molecular weight is 369 g/mol. The van der Waals surface area contributed by atoms with Crippen LogP contribution in [0.25, 0.3) is 0 Å². The molecule has 0 saturated heterocycles. The van der Waals surface area contributed by atoms with E-state index in [4.69, 9.17) is 17.0 Å². The van der Waals surface area contributed by atoms with Gasteiger partial charge in [0.15, 0.2) is 5.11 Å². The van der Waals surface area contributed by atoms with Crippen LogP contribution < -0.4 is 20.9 Å². The van der Waals surface area contributed by atoms with E-state index in [0.717, 1.165) is 5.56 Å². The standard InChI is InChI=1S/C19H19N3O3S/c1-3-12-25-16-11-7-6-10-15(16)18(24)21-22-19(26)20-17(23)14-9-5-4-8-13(14)2/h3-11H,1,12H2,2H3,(H,21,24)(H2,20,22,23,26). The number of thiocarbonyl (C=S) groups is 1. The molecular weight excluding hydrogens is 350 g/mol. The molecule has 0 heterocycles. The first kappa shape index (κ1) is 19.1. The van der Waals surface area contributed by atoms with Crippen molar-refractivity contribution in [2.75, 3.05) is 6.61 Å². The highest BCUT2D eigenvalue weighted by atomic mass is 32.1. The number of amides is 2. The fraction of sp³-hybridized carbons (Fsp3) is 0.105. The highest BCUT2D eigenvalue weighted by molar-refractivity contribution is 7.80. The number of carbonyl (C=O) groups is 2. The number of ether oxygens (including phenoxy) is 1. The van der Waals surface area contributed by atoms with Crippen LogP contribution in [0, 0.1) is 6.92 Å².